The first-order valence-corrected chi connectivity index (χ1v) is 5.65. The summed E-state index contributed by atoms with van der Waals surface area (Å²) in [6, 6.07) is 0. The number of hydrogen-bond acceptors (Lipinski definition) is 2. The maximum atomic E-state index is 5.13. The van der Waals surface area contributed by atoms with Crippen molar-refractivity contribution in [3.63, 3.8) is 0 Å². The van der Waals surface area contributed by atoms with E-state index in [1.54, 1.807) is 0 Å². The second-order valence-electron chi connectivity index (χ2n) is 5.51. The zero-order chi connectivity index (χ0) is 11.1. The molecule has 2 nitrogen and oxygen atoms in total. The van der Waals surface area contributed by atoms with Crippen LogP contribution < -0.4 is 0 Å². The number of fused-ring (bicyclic) bond motifs is 2. The lowest BCUT2D eigenvalue weighted by atomic mass is 9.70. The van der Waals surface area contributed by atoms with Crippen LogP contribution in [-0.4, -0.2) is 12.3 Å². The number of rotatable bonds is 2. The Kier molecular flexibility index (Phi) is 2.30. The third-order valence-corrected chi connectivity index (χ3v) is 4.83. The average Bonchev–Trinajstić information content (AvgIpc) is 2.51. The lowest BCUT2D eigenvalue weighted by Crippen LogP contribution is -2.32. The van der Waals surface area contributed by atoms with Crippen LogP contribution in [0.5, 0.6) is 0 Å². The summed E-state index contributed by atoms with van der Waals surface area (Å²) >= 11 is 0. The molecule has 0 amide bonds. The maximum Gasteiger partial charge on any atom is 0.177 e. The summed E-state index contributed by atoms with van der Waals surface area (Å²) in [4.78, 5) is 5.13. The number of oxime groups is 1. The van der Waals surface area contributed by atoms with Crippen molar-refractivity contribution >= 4 is 5.71 Å². The third-order valence-electron chi connectivity index (χ3n) is 4.83. The van der Waals surface area contributed by atoms with Crippen molar-refractivity contribution in [3.8, 4) is 12.3 Å². The molecule has 0 heterocycles. The zero-order valence-electron chi connectivity index (χ0n) is 9.84. The molecule has 0 N–H and O–H groups in total. The van der Waals surface area contributed by atoms with Gasteiger partial charge in [-0.05, 0) is 30.6 Å². The van der Waals surface area contributed by atoms with E-state index in [-0.39, 0.29) is 12.0 Å². The minimum Gasteiger partial charge on any atom is -0.383 e. The molecule has 2 saturated carbocycles. The molecule has 15 heavy (non-hydrogen) atoms. The van der Waals surface area contributed by atoms with Crippen molar-refractivity contribution in [2.45, 2.75) is 40.0 Å². The molecule has 2 atom stereocenters. The summed E-state index contributed by atoms with van der Waals surface area (Å²) in [5.74, 6) is 3.21. The van der Waals surface area contributed by atoms with Gasteiger partial charge in [0.2, 0.25) is 0 Å². The van der Waals surface area contributed by atoms with Gasteiger partial charge in [-0.25, -0.2) is 0 Å². The second-order valence-corrected chi connectivity index (χ2v) is 5.51. The van der Waals surface area contributed by atoms with Crippen LogP contribution in [0.15, 0.2) is 5.16 Å². The molecule has 0 aromatic heterocycles. The van der Waals surface area contributed by atoms with E-state index in [9.17, 15) is 0 Å². The van der Waals surface area contributed by atoms with Gasteiger partial charge in [-0.15, -0.1) is 6.42 Å². The highest BCUT2D eigenvalue weighted by Gasteiger charge is 2.60. The van der Waals surface area contributed by atoms with Crippen LogP contribution in [0.3, 0.4) is 0 Å². The Labute approximate surface area is 92.1 Å². The number of terminal acetylenes is 1. The molecule has 0 radical (unpaired) electrons. The smallest absolute Gasteiger partial charge is 0.177 e. The van der Waals surface area contributed by atoms with Gasteiger partial charge in [0.05, 0.1) is 5.71 Å². The van der Waals surface area contributed by atoms with E-state index in [1.807, 2.05) is 0 Å². The molecule has 82 valence electrons. The third kappa shape index (κ3) is 1.29. The molecule has 2 aliphatic rings. The van der Waals surface area contributed by atoms with Crippen LogP contribution in [-0.2, 0) is 4.84 Å². The SMILES string of the molecule is C#CCO/N=C1\C[C@@H]2CC[C@@]1(C)C2(C)C. The second kappa shape index (κ2) is 3.27. The molecule has 2 heteroatoms. The van der Waals surface area contributed by atoms with Gasteiger partial charge >= 0.3 is 0 Å². The highest BCUT2D eigenvalue weighted by atomic mass is 16.6. The molecule has 0 aromatic rings. The predicted octanol–water partition coefficient (Wildman–Crippen LogP) is 2.84. The molecule has 0 unspecified atom stereocenters. The monoisotopic (exact) mass is 205 g/mol. The summed E-state index contributed by atoms with van der Waals surface area (Å²) < 4.78 is 0. The van der Waals surface area contributed by atoms with E-state index in [0.717, 1.165) is 12.3 Å². The lowest BCUT2D eigenvalue weighted by molar-refractivity contribution is 0.164. The van der Waals surface area contributed by atoms with Crippen LogP contribution >= 0.6 is 0 Å². The van der Waals surface area contributed by atoms with Gasteiger partial charge in [0.25, 0.3) is 0 Å². The predicted molar refractivity (Wildman–Crippen MR) is 61.4 cm³/mol. The Morgan fingerprint density at radius 2 is 2.27 bits per heavy atom. The molecule has 2 aliphatic carbocycles. The standard InChI is InChI=1S/C13H19NO/c1-5-8-15-14-11-9-10-6-7-13(11,4)12(10,2)3/h1,10H,6-9H2,2-4H3/b14-11+/t10-,13+/m0/s1. The molecular weight excluding hydrogens is 186 g/mol. The van der Waals surface area contributed by atoms with Crippen LogP contribution in [0.2, 0.25) is 0 Å². The summed E-state index contributed by atoms with van der Waals surface area (Å²) in [6.45, 7) is 7.31. The van der Waals surface area contributed by atoms with E-state index in [4.69, 9.17) is 11.3 Å². The Hall–Kier alpha value is -0.970. The summed E-state index contributed by atoms with van der Waals surface area (Å²) in [7, 11) is 0. The summed E-state index contributed by atoms with van der Waals surface area (Å²) in [5.41, 5.74) is 1.82. The molecule has 2 rings (SSSR count). The van der Waals surface area contributed by atoms with E-state index < -0.39 is 0 Å². The van der Waals surface area contributed by atoms with E-state index in [2.05, 4.69) is 31.8 Å². The van der Waals surface area contributed by atoms with Crippen molar-refractivity contribution in [3.05, 3.63) is 0 Å². The van der Waals surface area contributed by atoms with Gasteiger partial charge in [0, 0.05) is 5.41 Å². The maximum absolute atomic E-state index is 5.13. The Bertz CT molecular complexity index is 337. The quantitative estimate of drug-likeness (QED) is 0.386. The van der Waals surface area contributed by atoms with Crippen LogP contribution in [0.25, 0.3) is 0 Å². The number of nitrogens with zero attached hydrogens (tertiary/aromatic N) is 1. The van der Waals surface area contributed by atoms with Gasteiger partial charge in [0.15, 0.2) is 6.61 Å². The highest BCUT2D eigenvalue weighted by Crippen LogP contribution is 2.63. The Balaban J connectivity index is 2.19. The van der Waals surface area contributed by atoms with Crippen molar-refractivity contribution in [1.82, 2.24) is 0 Å². The van der Waals surface area contributed by atoms with Gasteiger partial charge < -0.3 is 4.84 Å². The first kappa shape index (κ1) is 10.5. The largest absolute Gasteiger partial charge is 0.383 e. The summed E-state index contributed by atoms with van der Waals surface area (Å²) in [6.07, 6.45) is 8.79. The van der Waals surface area contributed by atoms with Crippen molar-refractivity contribution in [1.29, 1.82) is 0 Å². The molecule has 0 aliphatic heterocycles. The van der Waals surface area contributed by atoms with E-state index >= 15 is 0 Å². The fraction of sp³-hybridized carbons (Fsp3) is 0.769. The minimum absolute atomic E-state index is 0.228. The Morgan fingerprint density at radius 3 is 2.73 bits per heavy atom. The molecule has 0 spiro atoms. The Morgan fingerprint density at radius 1 is 1.53 bits per heavy atom. The fourth-order valence-corrected chi connectivity index (χ4v) is 3.21. The first-order valence-electron chi connectivity index (χ1n) is 5.65. The first-order chi connectivity index (χ1) is 7.02. The normalized spacial score (nSPS) is 39.3. The minimum atomic E-state index is 0.228. The molecule has 2 bridgehead atoms. The number of hydrogen-bond donors (Lipinski definition) is 0. The van der Waals surface area contributed by atoms with Crippen LogP contribution in [0.1, 0.15) is 40.0 Å². The molecular formula is C13H19NO. The van der Waals surface area contributed by atoms with E-state index in [1.165, 1.54) is 18.6 Å². The molecule has 0 saturated heterocycles. The highest BCUT2D eigenvalue weighted by molar-refractivity contribution is 5.93. The summed E-state index contributed by atoms with van der Waals surface area (Å²) in [5, 5.41) is 4.24. The van der Waals surface area contributed by atoms with Crippen molar-refractivity contribution in [2.75, 3.05) is 6.61 Å². The average molecular weight is 205 g/mol. The van der Waals surface area contributed by atoms with Crippen LogP contribution in [0.4, 0.5) is 0 Å². The van der Waals surface area contributed by atoms with Crippen molar-refractivity contribution in [2.24, 2.45) is 21.9 Å². The van der Waals surface area contributed by atoms with Crippen LogP contribution in [0, 0.1) is 29.1 Å². The molecule has 0 aromatic carbocycles. The van der Waals surface area contributed by atoms with E-state index in [0.29, 0.717) is 5.41 Å². The van der Waals surface area contributed by atoms with Gasteiger partial charge in [-0.1, -0.05) is 31.8 Å². The topological polar surface area (TPSA) is 21.6 Å². The molecule has 2 fully saturated rings. The lowest BCUT2D eigenvalue weighted by Gasteiger charge is -2.34. The zero-order valence-corrected chi connectivity index (χ0v) is 9.84. The fourth-order valence-electron chi connectivity index (χ4n) is 3.21. The van der Waals surface area contributed by atoms with Gasteiger partial charge in [0.1, 0.15) is 0 Å². The van der Waals surface area contributed by atoms with Gasteiger partial charge in [-0.3, -0.25) is 0 Å². The van der Waals surface area contributed by atoms with Crippen molar-refractivity contribution < 1.29 is 4.84 Å². The van der Waals surface area contributed by atoms with Gasteiger partial charge in [-0.2, -0.15) is 0 Å².